The number of carbonyl (C=O) groups excluding carboxylic acids is 1. The Morgan fingerprint density at radius 2 is 1.90 bits per heavy atom. The molecule has 0 aliphatic heterocycles. The normalized spacial score (nSPS) is 10.5. The predicted molar refractivity (Wildman–Crippen MR) is 76.2 cm³/mol. The number of benzene rings is 2. The molecule has 0 N–H and O–H groups in total. The van der Waals surface area contributed by atoms with Crippen LogP contribution in [-0.4, -0.2) is 12.4 Å². The molecule has 0 atom stereocenters. The average Bonchev–Trinajstić information content (AvgIpc) is 2.46. The van der Waals surface area contributed by atoms with Gasteiger partial charge in [-0.3, -0.25) is 4.79 Å². The maximum absolute atomic E-state index is 13.6. The van der Waals surface area contributed by atoms with Crippen LogP contribution < -0.4 is 0 Å². The zero-order chi connectivity index (χ0) is 14.4. The van der Waals surface area contributed by atoms with Crippen molar-refractivity contribution >= 4 is 5.78 Å². The fourth-order valence-corrected chi connectivity index (χ4v) is 1.93. The molecule has 0 aromatic heterocycles. The lowest BCUT2D eigenvalue weighted by atomic mass is 10.1. The lowest BCUT2D eigenvalue weighted by Gasteiger charge is -2.07. The van der Waals surface area contributed by atoms with Gasteiger partial charge in [-0.05, 0) is 42.7 Å². The van der Waals surface area contributed by atoms with E-state index in [9.17, 15) is 9.18 Å². The van der Waals surface area contributed by atoms with Crippen LogP contribution in [0.15, 0.2) is 48.5 Å². The van der Waals surface area contributed by atoms with Gasteiger partial charge in [0.2, 0.25) is 0 Å². The minimum absolute atomic E-state index is 0.0588. The molecule has 2 aromatic rings. The smallest absolute Gasteiger partial charge is 0.159 e. The first-order valence-corrected chi connectivity index (χ1v) is 6.58. The molecule has 20 heavy (non-hydrogen) atoms. The van der Waals surface area contributed by atoms with Gasteiger partial charge in [-0.15, -0.1) is 0 Å². The Kier molecular flexibility index (Phi) is 5.02. The average molecular weight is 272 g/mol. The molecule has 2 rings (SSSR count). The Balaban J connectivity index is 1.88. The maximum atomic E-state index is 13.6. The van der Waals surface area contributed by atoms with Crippen LogP contribution in [0.4, 0.5) is 4.39 Å². The van der Waals surface area contributed by atoms with Gasteiger partial charge in [0, 0.05) is 5.56 Å². The number of carbonyl (C=O) groups is 1. The van der Waals surface area contributed by atoms with E-state index in [4.69, 9.17) is 4.74 Å². The molecule has 0 unspecified atom stereocenters. The molecule has 0 radical (unpaired) electrons. The van der Waals surface area contributed by atoms with Crippen molar-refractivity contribution in [3.63, 3.8) is 0 Å². The lowest BCUT2D eigenvalue weighted by molar-refractivity contribution is 0.101. The SMILES string of the molecule is CC(=O)c1ccc(F)c(CCOCc2ccccc2)c1. The molecule has 2 nitrogen and oxygen atoms in total. The Morgan fingerprint density at radius 1 is 1.15 bits per heavy atom. The van der Waals surface area contributed by atoms with Gasteiger partial charge >= 0.3 is 0 Å². The molecular formula is C17H17FO2. The van der Waals surface area contributed by atoms with E-state index in [2.05, 4.69) is 0 Å². The Labute approximate surface area is 118 Å². The second-order valence-corrected chi connectivity index (χ2v) is 4.65. The summed E-state index contributed by atoms with van der Waals surface area (Å²) in [4.78, 5) is 11.3. The van der Waals surface area contributed by atoms with Gasteiger partial charge in [-0.2, -0.15) is 0 Å². The summed E-state index contributed by atoms with van der Waals surface area (Å²) in [5.41, 5.74) is 2.14. The highest BCUT2D eigenvalue weighted by atomic mass is 19.1. The maximum Gasteiger partial charge on any atom is 0.159 e. The zero-order valence-electron chi connectivity index (χ0n) is 11.4. The van der Waals surface area contributed by atoms with Crippen molar-refractivity contribution in [3.8, 4) is 0 Å². The van der Waals surface area contributed by atoms with E-state index in [-0.39, 0.29) is 11.6 Å². The Morgan fingerprint density at radius 3 is 2.60 bits per heavy atom. The van der Waals surface area contributed by atoms with Crippen molar-refractivity contribution in [1.29, 1.82) is 0 Å². The third-order valence-corrected chi connectivity index (χ3v) is 3.08. The van der Waals surface area contributed by atoms with Crippen LogP contribution >= 0.6 is 0 Å². The predicted octanol–water partition coefficient (Wildman–Crippen LogP) is 3.79. The van der Waals surface area contributed by atoms with Crippen LogP contribution in [0.5, 0.6) is 0 Å². The third-order valence-electron chi connectivity index (χ3n) is 3.08. The number of halogens is 1. The van der Waals surface area contributed by atoms with Gasteiger partial charge in [0.1, 0.15) is 5.82 Å². The summed E-state index contributed by atoms with van der Waals surface area (Å²) >= 11 is 0. The summed E-state index contributed by atoms with van der Waals surface area (Å²) in [6.45, 7) is 2.41. The molecule has 0 spiro atoms. The van der Waals surface area contributed by atoms with E-state index < -0.39 is 0 Å². The van der Waals surface area contributed by atoms with E-state index >= 15 is 0 Å². The molecule has 0 amide bonds. The number of rotatable bonds is 6. The van der Waals surface area contributed by atoms with Crippen LogP contribution in [0.3, 0.4) is 0 Å². The topological polar surface area (TPSA) is 26.3 Å². The van der Waals surface area contributed by atoms with Crippen molar-refractivity contribution < 1.29 is 13.9 Å². The zero-order valence-corrected chi connectivity index (χ0v) is 11.4. The standard InChI is InChI=1S/C17H17FO2/c1-13(19)15-7-8-17(18)16(11-15)9-10-20-12-14-5-3-2-4-6-14/h2-8,11H,9-10,12H2,1H3. The number of Topliss-reactive ketones (excluding diaryl/α,β-unsaturated/α-hetero) is 1. The van der Waals surface area contributed by atoms with Gasteiger partial charge in [-0.25, -0.2) is 4.39 Å². The highest BCUT2D eigenvalue weighted by Crippen LogP contribution is 2.12. The number of hydrogen-bond acceptors (Lipinski definition) is 2. The van der Waals surface area contributed by atoms with E-state index in [1.807, 2.05) is 30.3 Å². The second-order valence-electron chi connectivity index (χ2n) is 4.65. The van der Waals surface area contributed by atoms with E-state index in [0.29, 0.717) is 30.8 Å². The Hall–Kier alpha value is -2.00. The first-order chi connectivity index (χ1) is 9.66. The van der Waals surface area contributed by atoms with E-state index in [1.54, 1.807) is 6.07 Å². The summed E-state index contributed by atoms with van der Waals surface area (Å²) in [6.07, 6.45) is 0.458. The van der Waals surface area contributed by atoms with Crippen molar-refractivity contribution in [2.75, 3.05) is 6.61 Å². The summed E-state index contributed by atoms with van der Waals surface area (Å²) in [5, 5.41) is 0. The minimum Gasteiger partial charge on any atom is -0.376 e. The van der Waals surface area contributed by atoms with Crippen LogP contribution in [0.1, 0.15) is 28.4 Å². The summed E-state index contributed by atoms with van der Waals surface area (Å²) in [5.74, 6) is -0.352. The molecule has 2 aromatic carbocycles. The minimum atomic E-state index is -0.293. The van der Waals surface area contributed by atoms with Crippen LogP contribution in [-0.2, 0) is 17.8 Å². The van der Waals surface area contributed by atoms with Crippen molar-refractivity contribution in [2.24, 2.45) is 0 Å². The highest BCUT2D eigenvalue weighted by molar-refractivity contribution is 5.94. The van der Waals surface area contributed by atoms with Gasteiger partial charge < -0.3 is 4.74 Å². The van der Waals surface area contributed by atoms with Crippen LogP contribution in [0.2, 0.25) is 0 Å². The molecule has 0 saturated heterocycles. The van der Waals surface area contributed by atoms with Gasteiger partial charge in [0.05, 0.1) is 13.2 Å². The molecule has 0 bridgehead atoms. The molecule has 3 heteroatoms. The van der Waals surface area contributed by atoms with Crippen molar-refractivity contribution in [2.45, 2.75) is 20.0 Å². The van der Waals surface area contributed by atoms with Gasteiger partial charge in [0.15, 0.2) is 5.78 Å². The largest absolute Gasteiger partial charge is 0.376 e. The summed E-state index contributed by atoms with van der Waals surface area (Å²) in [6, 6.07) is 14.3. The number of hydrogen-bond donors (Lipinski definition) is 0. The summed E-state index contributed by atoms with van der Waals surface area (Å²) < 4.78 is 19.1. The Bertz CT molecular complexity index is 579. The molecule has 0 fully saturated rings. The monoisotopic (exact) mass is 272 g/mol. The van der Waals surface area contributed by atoms with E-state index in [0.717, 1.165) is 5.56 Å². The van der Waals surface area contributed by atoms with E-state index in [1.165, 1.54) is 19.1 Å². The molecule has 104 valence electrons. The lowest BCUT2D eigenvalue weighted by Crippen LogP contribution is -2.03. The van der Waals surface area contributed by atoms with Gasteiger partial charge in [0.25, 0.3) is 0 Å². The first kappa shape index (κ1) is 14.4. The molecule has 0 aliphatic carbocycles. The highest BCUT2D eigenvalue weighted by Gasteiger charge is 2.06. The van der Waals surface area contributed by atoms with Crippen molar-refractivity contribution in [1.82, 2.24) is 0 Å². The molecular weight excluding hydrogens is 255 g/mol. The van der Waals surface area contributed by atoms with Crippen LogP contribution in [0, 0.1) is 5.82 Å². The number of ketones is 1. The molecule has 0 heterocycles. The van der Waals surface area contributed by atoms with Crippen molar-refractivity contribution in [3.05, 3.63) is 71.0 Å². The summed E-state index contributed by atoms with van der Waals surface area (Å²) in [7, 11) is 0. The first-order valence-electron chi connectivity index (χ1n) is 6.58. The quantitative estimate of drug-likeness (QED) is 0.591. The molecule has 0 aliphatic rings. The number of ether oxygens (including phenoxy) is 1. The second kappa shape index (κ2) is 6.96. The molecule has 0 saturated carbocycles. The fourth-order valence-electron chi connectivity index (χ4n) is 1.93. The third kappa shape index (κ3) is 4.00. The van der Waals surface area contributed by atoms with Gasteiger partial charge in [-0.1, -0.05) is 30.3 Å². The fraction of sp³-hybridized carbons (Fsp3) is 0.235. The van der Waals surface area contributed by atoms with Crippen LogP contribution in [0.25, 0.3) is 0 Å².